The average molecular weight is 297 g/mol. The van der Waals surface area contributed by atoms with Crippen molar-refractivity contribution < 1.29 is 18.1 Å². The summed E-state index contributed by atoms with van der Waals surface area (Å²) in [6.07, 6.45) is 0.0113. The van der Waals surface area contributed by atoms with Gasteiger partial charge in [0.2, 0.25) is 0 Å². The van der Waals surface area contributed by atoms with Crippen molar-refractivity contribution in [3.8, 4) is 0 Å². The van der Waals surface area contributed by atoms with E-state index in [-0.39, 0.29) is 6.23 Å². The van der Waals surface area contributed by atoms with E-state index in [0.29, 0.717) is 0 Å². The van der Waals surface area contributed by atoms with Gasteiger partial charge in [-0.05, 0) is 44.8 Å². The van der Waals surface area contributed by atoms with Gasteiger partial charge in [-0.1, -0.05) is 0 Å². The smallest absolute Gasteiger partial charge is 0.363 e. The van der Waals surface area contributed by atoms with Crippen molar-refractivity contribution in [2.75, 3.05) is 20.4 Å². The Kier molecular flexibility index (Phi) is 6.79. The minimum Gasteiger partial charge on any atom is -0.456 e. The quantitative estimate of drug-likeness (QED) is 0.698. The normalized spacial score (nSPS) is 14.1. The van der Waals surface area contributed by atoms with Crippen molar-refractivity contribution in [3.63, 3.8) is 0 Å². The van der Waals surface area contributed by atoms with Gasteiger partial charge in [0.15, 0.2) is 16.6 Å². The molecule has 0 amide bonds. The van der Waals surface area contributed by atoms with Crippen molar-refractivity contribution in [2.24, 2.45) is 0 Å². The van der Waals surface area contributed by atoms with E-state index in [1.165, 1.54) is 0 Å². The summed E-state index contributed by atoms with van der Waals surface area (Å²) in [5.41, 5.74) is 0. The predicted molar refractivity (Wildman–Crippen MR) is 78.4 cm³/mol. The van der Waals surface area contributed by atoms with Gasteiger partial charge in [-0.2, -0.15) is 0 Å². The summed E-state index contributed by atoms with van der Waals surface area (Å²) < 4.78 is 17.1. The highest BCUT2D eigenvalue weighted by molar-refractivity contribution is 6.85. The van der Waals surface area contributed by atoms with Gasteiger partial charge in [0.05, 0.1) is 6.23 Å². The minimum atomic E-state index is -2.38. The fourth-order valence-electron chi connectivity index (χ4n) is 1.87. The first kappa shape index (κ1) is 17.5. The Labute approximate surface area is 109 Å². The lowest BCUT2D eigenvalue weighted by molar-refractivity contribution is 0.197. The summed E-state index contributed by atoms with van der Waals surface area (Å²) in [7, 11) is -2.29. The summed E-state index contributed by atoms with van der Waals surface area (Å²) in [4.78, 5) is 0. The summed E-state index contributed by atoms with van der Waals surface area (Å²) in [6.45, 7) is 11.1. The lowest BCUT2D eigenvalue weighted by atomic mass is 10.9. The third-order valence-corrected chi connectivity index (χ3v) is 12.3. The molecule has 0 aromatic heterocycles. The molecule has 0 spiro atoms. The maximum absolute atomic E-state index is 9.40. The number of aliphatic hydroxyl groups is 1. The van der Waals surface area contributed by atoms with E-state index < -0.39 is 25.2 Å². The zero-order chi connectivity index (χ0) is 13.7. The second-order valence-corrected chi connectivity index (χ2v) is 18.5. The molecule has 0 unspecified atom stereocenters. The van der Waals surface area contributed by atoms with E-state index in [4.69, 9.17) is 13.0 Å². The van der Waals surface area contributed by atoms with E-state index in [2.05, 4.69) is 32.7 Å². The molecule has 0 bridgehead atoms. The largest absolute Gasteiger partial charge is 0.456 e. The maximum Gasteiger partial charge on any atom is 0.363 e. The molecule has 0 radical (unpaired) electrons. The maximum atomic E-state index is 9.40. The number of rotatable bonds is 8. The summed E-state index contributed by atoms with van der Waals surface area (Å²) in [6, 6.07) is 1.78. The second-order valence-electron chi connectivity index (χ2n) is 5.95. The van der Waals surface area contributed by atoms with Gasteiger partial charge in [-0.25, -0.2) is 0 Å². The monoisotopic (exact) mass is 296 g/mol. The lowest BCUT2D eigenvalue weighted by Gasteiger charge is -2.34. The highest BCUT2D eigenvalue weighted by Gasteiger charge is 2.39. The first-order valence-corrected chi connectivity index (χ1v) is 14.8. The molecule has 0 aliphatic carbocycles. The first-order valence-electron chi connectivity index (χ1n) is 6.01. The molecule has 104 valence electrons. The standard InChI is InChI=1S/C10H28O4Si3/c1-12-17(10-11,13-2)9-8-16(6,7)14-15(3,4)5/h11H,8-10H2,1-7H3. The molecule has 0 aliphatic heterocycles. The highest BCUT2D eigenvalue weighted by atomic mass is 28.4. The Morgan fingerprint density at radius 1 is 0.882 bits per heavy atom. The molecule has 0 rings (SSSR count). The number of hydrogen-bond acceptors (Lipinski definition) is 4. The van der Waals surface area contributed by atoms with Crippen molar-refractivity contribution in [3.05, 3.63) is 0 Å². The second kappa shape index (κ2) is 6.60. The van der Waals surface area contributed by atoms with Gasteiger partial charge >= 0.3 is 8.56 Å². The van der Waals surface area contributed by atoms with Crippen molar-refractivity contribution in [1.82, 2.24) is 0 Å². The SMILES string of the molecule is CO[Si](CO)(CC[Si](C)(C)O[Si](C)(C)C)OC. The molecule has 4 nitrogen and oxygen atoms in total. The van der Waals surface area contributed by atoms with Crippen LogP contribution in [0.2, 0.25) is 44.8 Å². The zero-order valence-electron chi connectivity index (χ0n) is 12.3. The molecule has 0 atom stereocenters. The van der Waals surface area contributed by atoms with Crippen LogP contribution in [0.1, 0.15) is 0 Å². The van der Waals surface area contributed by atoms with Crippen LogP contribution in [0.25, 0.3) is 0 Å². The Morgan fingerprint density at radius 2 is 1.35 bits per heavy atom. The van der Waals surface area contributed by atoms with Crippen LogP contribution in [0.4, 0.5) is 0 Å². The van der Waals surface area contributed by atoms with Gasteiger partial charge in [-0.15, -0.1) is 0 Å². The fourth-order valence-corrected chi connectivity index (χ4v) is 13.8. The molecule has 0 saturated heterocycles. The van der Waals surface area contributed by atoms with Crippen LogP contribution in [0.15, 0.2) is 0 Å². The van der Waals surface area contributed by atoms with Gasteiger partial charge in [-0.3, -0.25) is 0 Å². The van der Waals surface area contributed by atoms with Crippen LogP contribution in [0.5, 0.6) is 0 Å². The van der Waals surface area contributed by atoms with Crippen LogP contribution in [-0.4, -0.2) is 50.8 Å². The Balaban J connectivity index is 4.43. The van der Waals surface area contributed by atoms with Crippen LogP contribution in [-0.2, 0) is 13.0 Å². The zero-order valence-corrected chi connectivity index (χ0v) is 15.3. The van der Waals surface area contributed by atoms with Gasteiger partial charge in [0.1, 0.15) is 0 Å². The molecule has 0 aromatic carbocycles. The average Bonchev–Trinajstić information content (AvgIpc) is 2.17. The molecule has 0 aliphatic rings. The van der Waals surface area contributed by atoms with Gasteiger partial charge < -0.3 is 18.1 Å². The van der Waals surface area contributed by atoms with Crippen molar-refractivity contribution in [1.29, 1.82) is 0 Å². The molecular weight excluding hydrogens is 268 g/mol. The number of hydrogen-bond donors (Lipinski definition) is 1. The van der Waals surface area contributed by atoms with E-state index in [0.717, 1.165) is 12.1 Å². The minimum absolute atomic E-state index is 0.0113. The van der Waals surface area contributed by atoms with Crippen LogP contribution in [0.3, 0.4) is 0 Å². The molecule has 0 aromatic rings. The third kappa shape index (κ3) is 6.85. The van der Waals surface area contributed by atoms with E-state index in [1.807, 2.05) is 0 Å². The summed E-state index contributed by atoms with van der Waals surface area (Å²) in [5, 5.41) is 9.40. The molecule has 0 heterocycles. The van der Waals surface area contributed by atoms with E-state index >= 15 is 0 Å². The highest BCUT2D eigenvalue weighted by Crippen LogP contribution is 2.24. The third-order valence-electron chi connectivity index (χ3n) is 2.68. The first-order chi connectivity index (χ1) is 7.60. The topological polar surface area (TPSA) is 47.9 Å². The molecular formula is C10H28O4Si3. The fraction of sp³-hybridized carbons (Fsp3) is 1.00. The Morgan fingerprint density at radius 3 is 1.65 bits per heavy atom. The van der Waals surface area contributed by atoms with Crippen LogP contribution >= 0.6 is 0 Å². The van der Waals surface area contributed by atoms with E-state index in [9.17, 15) is 5.11 Å². The molecule has 17 heavy (non-hydrogen) atoms. The molecule has 1 N–H and O–H groups in total. The lowest BCUT2D eigenvalue weighted by Crippen LogP contribution is -2.48. The van der Waals surface area contributed by atoms with Crippen LogP contribution < -0.4 is 0 Å². The Bertz CT molecular complexity index is 216. The Hall–Kier alpha value is 0.491. The predicted octanol–water partition coefficient (Wildman–Crippen LogP) is 2.31. The summed E-state index contributed by atoms with van der Waals surface area (Å²) >= 11 is 0. The van der Waals surface area contributed by atoms with Gasteiger partial charge in [0.25, 0.3) is 0 Å². The van der Waals surface area contributed by atoms with E-state index in [1.54, 1.807) is 14.2 Å². The van der Waals surface area contributed by atoms with Crippen molar-refractivity contribution >= 4 is 25.2 Å². The molecule has 0 saturated carbocycles. The van der Waals surface area contributed by atoms with Gasteiger partial charge in [0, 0.05) is 14.2 Å². The van der Waals surface area contributed by atoms with Crippen molar-refractivity contribution in [2.45, 2.75) is 44.8 Å². The summed E-state index contributed by atoms with van der Waals surface area (Å²) in [5.74, 6) is 0. The molecule has 0 fully saturated rings. The number of aliphatic hydroxyl groups excluding tert-OH is 1. The van der Waals surface area contributed by atoms with Crippen LogP contribution in [0, 0.1) is 0 Å². The molecule has 7 heteroatoms.